The molecule has 25 heavy (non-hydrogen) atoms. The second-order valence-electron chi connectivity index (χ2n) is 6.35. The number of hydrogen-bond donors (Lipinski definition) is 1. The molecule has 0 heterocycles. The van der Waals surface area contributed by atoms with Crippen LogP contribution in [0.25, 0.3) is 0 Å². The number of benzene rings is 1. The number of carbonyl (C=O) groups excluding carboxylic acids is 1. The van der Waals surface area contributed by atoms with Gasteiger partial charge in [-0.3, -0.25) is 9.36 Å². The lowest BCUT2D eigenvalue weighted by molar-refractivity contribution is -0.140. The van der Waals surface area contributed by atoms with Gasteiger partial charge in [0, 0.05) is 6.42 Å². The van der Waals surface area contributed by atoms with E-state index < -0.39 is 7.60 Å². The van der Waals surface area contributed by atoms with Crippen LogP contribution in [0.15, 0.2) is 18.2 Å². The SMILES string of the molecule is CCOP(=O)(OCC)c1cc(C(C)(C)CCCC(=O)OC)ccc1O. The fourth-order valence-corrected chi connectivity index (χ4v) is 4.29. The third kappa shape index (κ3) is 5.84. The van der Waals surface area contributed by atoms with Crippen molar-refractivity contribution in [1.29, 1.82) is 0 Å². The number of rotatable bonds is 10. The Labute approximate surface area is 150 Å². The van der Waals surface area contributed by atoms with Crippen LogP contribution in [-0.2, 0) is 28.6 Å². The second-order valence-corrected chi connectivity index (χ2v) is 8.34. The van der Waals surface area contributed by atoms with Crippen LogP contribution in [0.2, 0.25) is 0 Å². The molecule has 1 aromatic carbocycles. The van der Waals surface area contributed by atoms with Crippen molar-refractivity contribution < 1.29 is 28.3 Å². The first-order chi connectivity index (χ1) is 11.7. The van der Waals surface area contributed by atoms with Gasteiger partial charge in [-0.25, -0.2) is 0 Å². The molecule has 0 amide bonds. The van der Waals surface area contributed by atoms with Gasteiger partial charge in [0.25, 0.3) is 0 Å². The third-order valence-electron chi connectivity index (χ3n) is 4.06. The van der Waals surface area contributed by atoms with Crippen LogP contribution in [0.4, 0.5) is 0 Å². The van der Waals surface area contributed by atoms with Crippen molar-refractivity contribution in [2.24, 2.45) is 0 Å². The summed E-state index contributed by atoms with van der Waals surface area (Å²) in [6.45, 7) is 7.94. The number of carbonyl (C=O) groups is 1. The molecular weight excluding hydrogens is 343 g/mol. The van der Waals surface area contributed by atoms with Gasteiger partial charge < -0.3 is 18.9 Å². The number of ether oxygens (including phenoxy) is 1. The maximum atomic E-state index is 13.0. The average Bonchev–Trinajstić information content (AvgIpc) is 2.55. The average molecular weight is 372 g/mol. The molecule has 0 fully saturated rings. The summed E-state index contributed by atoms with van der Waals surface area (Å²) in [7, 11) is -2.20. The lowest BCUT2D eigenvalue weighted by Crippen LogP contribution is -2.21. The number of esters is 1. The van der Waals surface area contributed by atoms with Crippen LogP contribution in [0.5, 0.6) is 5.75 Å². The van der Waals surface area contributed by atoms with E-state index in [9.17, 15) is 14.5 Å². The molecule has 0 aliphatic carbocycles. The van der Waals surface area contributed by atoms with Gasteiger partial charge >= 0.3 is 13.6 Å². The number of hydrogen-bond acceptors (Lipinski definition) is 6. The van der Waals surface area contributed by atoms with Gasteiger partial charge in [0.1, 0.15) is 11.1 Å². The van der Waals surface area contributed by atoms with Gasteiger partial charge in [-0.2, -0.15) is 0 Å². The molecule has 0 aromatic heterocycles. The van der Waals surface area contributed by atoms with Crippen molar-refractivity contribution >= 4 is 18.9 Å². The fourth-order valence-electron chi connectivity index (χ4n) is 2.60. The third-order valence-corrected chi connectivity index (χ3v) is 6.20. The molecule has 0 aliphatic rings. The predicted octanol–water partition coefficient (Wildman–Crippen LogP) is 3.90. The van der Waals surface area contributed by atoms with Crippen LogP contribution in [0.1, 0.15) is 52.5 Å². The lowest BCUT2D eigenvalue weighted by Gasteiger charge is -2.27. The minimum Gasteiger partial charge on any atom is -0.507 e. The Morgan fingerprint density at radius 2 is 1.80 bits per heavy atom. The van der Waals surface area contributed by atoms with Crippen molar-refractivity contribution in [3.8, 4) is 5.75 Å². The fraction of sp³-hybridized carbons (Fsp3) is 0.611. The van der Waals surface area contributed by atoms with E-state index >= 15 is 0 Å². The maximum Gasteiger partial charge on any atom is 0.365 e. The minimum absolute atomic E-state index is 0.112. The first kappa shape index (κ1) is 21.7. The largest absolute Gasteiger partial charge is 0.507 e. The summed E-state index contributed by atoms with van der Waals surface area (Å²) in [5, 5.41) is 10.4. The Bertz CT molecular complexity index is 616. The summed E-state index contributed by atoms with van der Waals surface area (Å²) in [5.41, 5.74) is 0.615. The summed E-state index contributed by atoms with van der Waals surface area (Å²) in [4.78, 5) is 11.3. The Morgan fingerprint density at radius 1 is 1.20 bits per heavy atom. The molecule has 0 saturated carbocycles. The first-order valence-corrected chi connectivity index (χ1v) is 10.0. The van der Waals surface area contributed by atoms with Gasteiger partial charge in [-0.1, -0.05) is 19.9 Å². The molecular formula is C18H29O6P. The summed E-state index contributed by atoms with van der Waals surface area (Å²) in [6, 6.07) is 4.98. The van der Waals surface area contributed by atoms with E-state index in [4.69, 9.17) is 9.05 Å². The van der Waals surface area contributed by atoms with Gasteiger partial charge in [-0.05, 0) is 49.8 Å². The molecule has 1 aromatic rings. The number of phenolic OH excluding ortho intramolecular Hbond substituents is 1. The van der Waals surface area contributed by atoms with Crippen molar-refractivity contribution in [2.75, 3.05) is 20.3 Å². The Kier molecular flexibility index (Phi) is 8.13. The zero-order valence-corrected chi connectivity index (χ0v) is 16.6. The van der Waals surface area contributed by atoms with Crippen LogP contribution in [0.3, 0.4) is 0 Å². The van der Waals surface area contributed by atoms with Gasteiger partial charge in [0.15, 0.2) is 0 Å². The second kappa shape index (κ2) is 9.37. The van der Waals surface area contributed by atoms with Crippen LogP contribution < -0.4 is 5.30 Å². The molecule has 0 aliphatic heterocycles. The van der Waals surface area contributed by atoms with Crippen molar-refractivity contribution in [3.05, 3.63) is 23.8 Å². The van der Waals surface area contributed by atoms with Gasteiger partial charge in [0.05, 0.1) is 20.3 Å². The van der Waals surface area contributed by atoms with E-state index in [0.29, 0.717) is 12.8 Å². The highest BCUT2D eigenvalue weighted by Gasteiger charge is 2.32. The molecule has 7 heteroatoms. The normalized spacial score (nSPS) is 12.2. The monoisotopic (exact) mass is 372 g/mol. The van der Waals surface area contributed by atoms with Crippen LogP contribution in [0, 0.1) is 0 Å². The number of methoxy groups -OCH3 is 1. The smallest absolute Gasteiger partial charge is 0.365 e. The molecule has 1 rings (SSSR count). The standard InChI is InChI=1S/C18H29O6P/c1-6-23-25(21,24-7-2)16-13-14(10-11-15(16)19)18(3,4)12-8-9-17(20)22-5/h10-11,13,19H,6-9,12H2,1-5H3. The molecule has 6 nitrogen and oxygen atoms in total. The van der Waals surface area contributed by atoms with E-state index in [2.05, 4.69) is 4.74 Å². The Balaban J connectivity index is 3.09. The number of phenols is 1. The predicted molar refractivity (Wildman–Crippen MR) is 97.5 cm³/mol. The summed E-state index contributed by atoms with van der Waals surface area (Å²) >= 11 is 0. The molecule has 0 unspecified atom stereocenters. The van der Waals surface area contributed by atoms with Gasteiger partial charge in [0.2, 0.25) is 0 Å². The topological polar surface area (TPSA) is 82.1 Å². The molecule has 142 valence electrons. The van der Waals surface area contributed by atoms with E-state index in [-0.39, 0.29) is 35.7 Å². The van der Waals surface area contributed by atoms with E-state index in [1.165, 1.54) is 13.2 Å². The molecule has 0 radical (unpaired) electrons. The minimum atomic E-state index is -3.58. The van der Waals surface area contributed by atoms with Crippen LogP contribution >= 0.6 is 7.60 Å². The summed E-state index contributed by atoms with van der Waals surface area (Å²) in [5.74, 6) is -0.348. The lowest BCUT2D eigenvalue weighted by atomic mass is 9.80. The highest BCUT2D eigenvalue weighted by atomic mass is 31.2. The Morgan fingerprint density at radius 3 is 2.32 bits per heavy atom. The first-order valence-electron chi connectivity index (χ1n) is 8.50. The van der Waals surface area contributed by atoms with Crippen LogP contribution in [-0.4, -0.2) is 31.4 Å². The summed E-state index contributed by atoms with van der Waals surface area (Å²) in [6.07, 6.45) is 1.76. The quantitative estimate of drug-likeness (QED) is 0.495. The van der Waals surface area contributed by atoms with Crippen molar-refractivity contribution in [3.63, 3.8) is 0 Å². The molecule has 0 bridgehead atoms. The molecule has 1 N–H and O–H groups in total. The molecule has 0 spiro atoms. The highest BCUT2D eigenvalue weighted by Crippen LogP contribution is 2.49. The van der Waals surface area contributed by atoms with Gasteiger partial charge in [-0.15, -0.1) is 0 Å². The van der Waals surface area contributed by atoms with Crippen molar-refractivity contribution in [1.82, 2.24) is 0 Å². The highest BCUT2D eigenvalue weighted by molar-refractivity contribution is 7.62. The zero-order valence-electron chi connectivity index (χ0n) is 15.7. The summed E-state index contributed by atoms with van der Waals surface area (Å²) < 4.78 is 28.3. The molecule has 0 atom stereocenters. The van der Waals surface area contributed by atoms with E-state index in [1.54, 1.807) is 26.0 Å². The van der Waals surface area contributed by atoms with E-state index in [0.717, 1.165) is 12.0 Å². The maximum absolute atomic E-state index is 13.0. The molecule has 0 saturated heterocycles. The zero-order chi connectivity index (χ0) is 19.1. The number of aromatic hydroxyl groups is 1. The van der Waals surface area contributed by atoms with Crippen molar-refractivity contribution in [2.45, 2.75) is 52.4 Å². The van der Waals surface area contributed by atoms with E-state index in [1.807, 2.05) is 13.8 Å². The Hall–Kier alpha value is -1.36.